The molecule has 1 heterocycles. The fourth-order valence-corrected chi connectivity index (χ4v) is 4.23. The van der Waals surface area contributed by atoms with Gasteiger partial charge in [-0.25, -0.2) is 4.21 Å². The van der Waals surface area contributed by atoms with Crippen molar-refractivity contribution in [2.24, 2.45) is 0 Å². The molecular formula is C23H17ClO4S. The van der Waals surface area contributed by atoms with Crippen LogP contribution in [-0.4, -0.2) is 15.0 Å². The van der Waals surface area contributed by atoms with Gasteiger partial charge < -0.3 is 14.1 Å². The number of hydrogen-bond acceptors (Lipinski definition) is 3. The molecule has 6 heteroatoms. The van der Waals surface area contributed by atoms with Crippen LogP contribution in [0.1, 0.15) is 28.2 Å². The third-order valence-corrected chi connectivity index (χ3v) is 5.74. The number of rotatable bonds is 5. The molecule has 4 nitrogen and oxygen atoms in total. The zero-order valence-electron chi connectivity index (χ0n) is 15.2. The number of ether oxygens (including phenoxy) is 1. The van der Waals surface area contributed by atoms with Crippen LogP contribution in [0.4, 0.5) is 0 Å². The third-order valence-electron chi connectivity index (χ3n) is 4.83. The number of carbonyl (C=O) groups is 1. The van der Waals surface area contributed by atoms with E-state index in [1.807, 2.05) is 54.6 Å². The van der Waals surface area contributed by atoms with Gasteiger partial charge in [0.25, 0.3) is 0 Å². The molecule has 0 aromatic heterocycles. The predicted octanol–water partition coefficient (Wildman–Crippen LogP) is 5.31. The van der Waals surface area contributed by atoms with Crippen LogP contribution < -0.4 is 4.74 Å². The van der Waals surface area contributed by atoms with E-state index in [4.69, 9.17) is 20.9 Å². The van der Waals surface area contributed by atoms with E-state index in [9.17, 15) is 9.00 Å². The van der Waals surface area contributed by atoms with Crippen molar-refractivity contribution < 1.29 is 18.3 Å². The van der Waals surface area contributed by atoms with Crippen molar-refractivity contribution in [2.75, 3.05) is 0 Å². The molecule has 1 N–H and O–H groups in total. The summed E-state index contributed by atoms with van der Waals surface area (Å²) in [5.74, 6) is 0.693. The molecule has 2 atom stereocenters. The average Bonchev–Trinajstić information content (AvgIpc) is 2.73. The van der Waals surface area contributed by atoms with Gasteiger partial charge in [0, 0.05) is 27.3 Å². The number of para-hydroxylation sites is 1. The maximum absolute atomic E-state index is 12.2. The summed E-state index contributed by atoms with van der Waals surface area (Å²) in [7, 11) is 0. The topological polar surface area (TPSA) is 63.6 Å². The average molecular weight is 425 g/mol. The van der Waals surface area contributed by atoms with Gasteiger partial charge >= 0.3 is 0 Å². The van der Waals surface area contributed by atoms with Gasteiger partial charge in [-0.3, -0.25) is 0 Å². The molecule has 29 heavy (non-hydrogen) atoms. The Morgan fingerprint density at radius 3 is 2.38 bits per heavy atom. The summed E-state index contributed by atoms with van der Waals surface area (Å²) in [4.78, 5) is 12.2. The molecular weight excluding hydrogens is 408 g/mol. The Balaban J connectivity index is 1.91. The molecule has 0 fully saturated rings. The van der Waals surface area contributed by atoms with Gasteiger partial charge in [-0.2, -0.15) is 0 Å². The van der Waals surface area contributed by atoms with Crippen molar-refractivity contribution in [1.29, 1.82) is 0 Å². The lowest BCUT2D eigenvalue weighted by molar-refractivity contribution is -0.108. The second kappa shape index (κ2) is 8.33. The van der Waals surface area contributed by atoms with Gasteiger partial charge in [-0.05, 0) is 17.7 Å². The van der Waals surface area contributed by atoms with Gasteiger partial charge in [-0.15, -0.1) is 0 Å². The van der Waals surface area contributed by atoms with E-state index in [0.717, 1.165) is 28.5 Å². The van der Waals surface area contributed by atoms with Gasteiger partial charge in [0.05, 0.1) is 11.7 Å². The van der Waals surface area contributed by atoms with Gasteiger partial charge in [0.1, 0.15) is 17.8 Å². The highest BCUT2D eigenvalue weighted by Crippen LogP contribution is 2.47. The van der Waals surface area contributed by atoms with Crippen LogP contribution in [0.25, 0.3) is 11.3 Å². The largest absolute Gasteiger partial charge is 0.456 e. The summed E-state index contributed by atoms with van der Waals surface area (Å²) >= 11 is 4.56. The maximum atomic E-state index is 12.2. The molecule has 3 aromatic carbocycles. The first-order valence-electron chi connectivity index (χ1n) is 8.96. The minimum Gasteiger partial charge on any atom is -0.456 e. The summed E-state index contributed by atoms with van der Waals surface area (Å²) in [5, 5.41) is 0.530. The Morgan fingerprint density at radius 2 is 1.69 bits per heavy atom. The summed E-state index contributed by atoms with van der Waals surface area (Å²) in [6.07, 6.45) is 0.906. The van der Waals surface area contributed by atoms with Crippen LogP contribution in [0.5, 0.6) is 5.75 Å². The van der Waals surface area contributed by atoms with E-state index in [1.165, 1.54) is 0 Å². The molecule has 3 aromatic rings. The predicted molar refractivity (Wildman–Crippen MR) is 115 cm³/mol. The first-order chi connectivity index (χ1) is 14.1. The minimum absolute atomic E-state index is 0.0529. The van der Waals surface area contributed by atoms with E-state index in [2.05, 4.69) is 0 Å². The monoisotopic (exact) mass is 424 g/mol. The molecule has 0 amide bonds. The van der Waals surface area contributed by atoms with E-state index in [-0.39, 0.29) is 5.75 Å². The van der Waals surface area contributed by atoms with Gasteiger partial charge in [0.2, 0.25) is 0 Å². The smallest absolute Gasteiger partial charge is 0.157 e. The normalized spacial score (nSPS) is 16.7. The summed E-state index contributed by atoms with van der Waals surface area (Å²) in [6.45, 7) is 0. The second-order valence-electron chi connectivity index (χ2n) is 6.64. The van der Waals surface area contributed by atoms with E-state index in [0.29, 0.717) is 22.1 Å². The van der Waals surface area contributed by atoms with Crippen LogP contribution in [0.3, 0.4) is 0 Å². The van der Waals surface area contributed by atoms with Crippen LogP contribution in [0, 0.1) is 0 Å². The Bertz CT molecular complexity index is 1120. The number of aldehydes is 1. The van der Waals surface area contributed by atoms with Crippen molar-refractivity contribution in [2.45, 2.75) is 11.7 Å². The van der Waals surface area contributed by atoms with Crippen molar-refractivity contribution >= 4 is 40.3 Å². The van der Waals surface area contributed by atoms with Crippen LogP contribution in [0.2, 0.25) is 5.02 Å². The van der Waals surface area contributed by atoms with Gasteiger partial charge in [0.15, 0.2) is 11.1 Å². The number of benzene rings is 3. The molecule has 0 aliphatic carbocycles. The Kier molecular flexibility index (Phi) is 5.62. The van der Waals surface area contributed by atoms with Gasteiger partial charge in [-0.1, -0.05) is 72.3 Å². The number of allylic oxidation sites excluding steroid dienone is 1. The molecule has 0 saturated carbocycles. The lowest BCUT2D eigenvalue weighted by atomic mass is 9.83. The quantitative estimate of drug-likeness (QED) is 0.445. The number of fused-ring (bicyclic) bond motifs is 1. The highest BCUT2D eigenvalue weighted by molar-refractivity contribution is 7.78. The Hall–Kier alpha value is -2.73. The molecule has 0 bridgehead atoms. The van der Waals surface area contributed by atoms with E-state index in [1.54, 1.807) is 18.2 Å². The van der Waals surface area contributed by atoms with Crippen molar-refractivity contribution in [3.8, 4) is 5.75 Å². The summed E-state index contributed by atoms with van der Waals surface area (Å²) < 4.78 is 26.4. The summed E-state index contributed by atoms with van der Waals surface area (Å²) in [6, 6.07) is 22.0. The fourth-order valence-electron chi connectivity index (χ4n) is 3.51. The fraction of sp³-hybridized carbons (Fsp3) is 0.0870. The molecule has 146 valence electrons. The third kappa shape index (κ3) is 3.90. The SMILES string of the molecule is O=CC1C(c2ccccc2Cl)=C(c2ccc(CS(=O)O)cc2)Oc2ccccc21. The van der Waals surface area contributed by atoms with Crippen molar-refractivity contribution in [3.05, 3.63) is 100 Å². The van der Waals surface area contributed by atoms with Crippen LogP contribution >= 0.6 is 11.6 Å². The molecule has 1 aliphatic heterocycles. The minimum atomic E-state index is -1.91. The lowest BCUT2D eigenvalue weighted by Gasteiger charge is -2.29. The zero-order valence-corrected chi connectivity index (χ0v) is 16.8. The number of carbonyl (C=O) groups excluding carboxylic acids is 1. The molecule has 0 spiro atoms. The van der Waals surface area contributed by atoms with E-state index < -0.39 is 17.0 Å². The highest BCUT2D eigenvalue weighted by Gasteiger charge is 2.32. The van der Waals surface area contributed by atoms with Crippen LogP contribution in [-0.2, 0) is 21.6 Å². The van der Waals surface area contributed by atoms with Crippen molar-refractivity contribution in [3.63, 3.8) is 0 Å². The molecule has 4 rings (SSSR count). The molecule has 0 saturated heterocycles. The molecule has 0 radical (unpaired) electrons. The first-order valence-corrected chi connectivity index (χ1v) is 10.6. The Morgan fingerprint density at radius 1 is 1.00 bits per heavy atom. The number of halogens is 1. The van der Waals surface area contributed by atoms with Crippen molar-refractivity contribution in [1.82, 2.24) is 0 Å². The highest BCUT2D eigenvalue weighted by atomic mass is 35.5. The molecule has 1 aliphatic rings. The maximum Gasteiger partial charge on any atom is 0.157 e. The zero-order chi connectivity index (χ0) is 20.4. The molecule has 2 unspecified atom stereocenters. The second-order valence-corrected chi connectivity index (χ2v) is 7.98. The van der Waals surface area contributed by atoms with Crippen LogP contribution in [0.15, 0.2) is 72.8 Å². The summed E-state index contributed by atoms with van der Waals surface area (Å²) in [5.41, 5.74) is 3.71. The standard InChI is InChI=1S/C23H17ClO4S/c24-20-7-3-1-6-18(20)22-19(13-25)17-5-2-4-8-21(17)28-23(22)16-11-9-15(10-12-16)14-29(26)27/h1-13,19H,14H2,(H,26,27). The van der Waals surface area contributed by atoms with E-state index >= 15 is 0 Å². The Labute approximate surface area is 176 Å². The lowest BCUT2D eigenvalue weighted by Crippen LogP contribution is -2.16. The number of hydrogen-bond donors (Lipinski definition) is 1. The first kappa shape index (κ1) is 19.6.